The number of anilines is 1. The van der Waals surface area contributed by atoms with Crippen LogP contribution >= 0.6 is 15.9 Å². The van der Waals surface area contributed by atoms with Crippen molar-refractivity contribution in [2.45, 2.75) is 19.9 Å². The third kappa shape index (κ3) is 1.93. The SMILES string of the molecule is Cc1nc2ncnn2c(N2CC(n3cc(Br)cn3)C2)c1C. The molecule has 0 radical (unpaired) electrons. The number of hydrogen-bond donors (Lipinski definition) is 0. The van der Waals surface area contributed by atoms with Gasteiger partial charge < -0.3 is 4.90 Å². The van der Waals surface area contributed by atoms with Gasteiger partial charge in [0.2, 0.25) is 0 Å². The van der Waals surface area contributed by atoms with Crippen LogP contribution in [0.15, 0.2) is 23.2 Å². The fourth-order valence-corrected chi connectivity index (χ4v) is 3.00. The van der Waals surface area contributed by atoms with Crippen molar-refractivity contribution >= 4 is 27.5 Å². The Kier molecular flexibility index (Phi) is 2.75. The summed E-state index contributed by atoms with van der Waals surface area (Å²) in [7, 11) is 0. The second-order valence-corrected chi connectivity index (χ2v) is 6.23. The predicted molar refractivity (Wildman–Crippen MR) is 81.4 cm³/mol. The van der Waals surface area contributed by atoms with Crippen LogP contribution in [0, 0.1) is 13.8 Å². The summed E-state index contributed by atoms with van der Waals surface area (Å²) in [5.74, 6) is 1.73. The Morgan fingerprint density at radius 1 is 1.24 bits per heavy atom. The molecule has 0 saturated carbocycles. The first-order chi connectivity index (χ1) is 10.1. The van der Waals surface area contributed by atoms with E-state index < -0.39 is 0 Å². The highest BCUT2D eigenvalue weighted by molar-refractivity contribution is 9.10. The normalized spacial score (nSPS) is 15.7. The van der Waals surface area contributed by atoms with Crippen molar-refractivity contribution in [2.75, 3.05) is 18.0 Å². The highest BCUT2D eigenvalue weighted by Crippen LogP contribution is 2.31. The molecule has 3 aromatic heterocycles. The first kappa shape index (κ1) is 12.8. The lowest BCUT2D eigenvalue weighted by atomic mass is 10.1. The molecule has 8 heteroatoms. The van der Waals surface area contributed by atoms with Crippen molar-refractivity contribution in [2.24, 2.45) is 0 Å². The quantitative estimate of drug-likeness (QED) is 0.706. The average molecular weight is 348 g/mol. The molecule has 108 valence electrons. The van der Waals surface area contributed by atoms with Crippen LogP contribution in [0.5, 0.6) is 0 Å². The molecule has 0 amide bonds. The van der Waals surface area contributed by atoms with E-state index >= 15 is 0 Å². The van der Waals surface area contributed by atoms with E-state index in [0.717, 1.165) is 34.6 Å². The van der Waals surface area contributed by atoms with Gasteiger partial charge >= 0.3 is 0 Å². The fraction of sp³-hybridized carbons (Fsp3) is 0.385. The second kappa shape index (κ2) is 4.52. The van der Waals surface area contributed by atoms with Gasteiger partial charge in [-0.2, -0.15) is 19.7 Å². The summed E-state index contributed by atoms with van der Waals surface area (Å²) in [5, 5.41) is 8.65. The number of nitrogens with zero attached hydrogens (tertiary/aromatic N) is 7. The van der Waals surface area contributed by atoms with Crippen LogP contribution in [-0.4, -0.2) is 42.5 Å². The van der Waals surface area contributed by atoms with Crippen LogP contribution < -0.4 is 4.90 Å². The Hall–Kier alpha value is -1.96. The van der Waals surface area contributed by atoms with Crippen LogP contribution in [0.4, 0.5) is 5.82 Å². The van der Waals surface area contributed by atoms with E-state index in [2.05, 4.69) is 47.9 Å². The average Bonchev–Trinajstić information content (AvgIpc) is 3.01. The highest BCUT2D eigenvalue weighted by Gasteiger charge is 2.32. The number of rotatable bonds is 2. The standard InChI is InChI=1S/C13H14BrN7/c1-8-9(2)18-13-15-7-17-21(13)12(8)19-5-11(6-19)20-4-10(14)3-16-20/h3-4,7,11H,5-6H2,1-2H3. The minimum absolute atomic E-state index is 0.391. The topological polar surface area (TPSA) is 64.1 Å². The van der Waals surface area contributed by atoms with E-state index in [4.69, 9.17) is 0 Å². The van der Waals surface area contributed by atoms with E-state index in [1.807, 2.05) is 28.5 Å². The Balaban J connectivity index is 1.67. The lowest BCUT2D eigenvalue weighted by Crippen LogP contribution is -2.49. The van der Waals surface area contributed by atoms with E-state index in [1.54, 1.807) is 6.33 Å². The summed E-state index contributed by atoms with van der Waals surface area (Å²) in [4.78, 5) is 10.9. The van der Waals surface area contributed by atoms with Gasteiger partial charge in [0, 0.05) is 30.5 Å². The zero-order valence-electron chi connectivity index (χ0n) is 11.7. The number of hydrogen-bond acceptors (Lipinski definition) is 5. The molecule has 0 bridgehead atoms. The molecule has 0 atom stereocenters. The molecule has 21 heavy (non-hydrogen) atoms. The molecule has 3 aromatic rings. The molecule has 4 heterocycles. The first-order valence-corrected chi connectivity index (χ1v) is 7.54. The lowest BCUT2D eigenvalue weighted by molar-refractivity contribution is 0.363. The Labute approximate surface area is 129 Å². The molecule has 7 nitrogen and oxygen atoms in total. The first-order valence-electron chi connectivity index (χ1n) is 6.75. The number of fused-ring (bicyclic) bond motifs is 1. The Bertz CT molecular complexity index is 815. The zero-order chi connectivity index (χ0) is 14.6. The second-order valence-electron chi connectivity index (χ2n) is 5.32. The molecule has 1 fully saturated rings. The molecule has 0 aliphatic carbocycles. The van der Waals surface area contributed by atoms with Gasteiger partial charge in [-0.3, -0.25) is 4.68 Å². The van der Waals surface area contributed by atoms with Crippen molar-refractivity contribution in [3.05, 3.63) is 34.5 Å². The smallest absolute Gasteiger partial charge is 0.254 e. The van der Waals surface area contributed by atoms with Gasteiger partial charge in [0.05, 0.1) is 16.7 Å². The van der Waals surface area contributed by atoms with Crippen molar-refractivity contribution < 1.29 is 0 Å². The molecule has 0 spiro atoms. The molecular formula is C13H14BrN7. The molecule has 0 N–H and O–H groups in total. The van der Waals surface area contributed by atoms with Crippen LogP contribution in [-0.2, 0) is 0 Å². The zero-order valence-corrected chi connectivity index (χ0v) is 13.3. The van der Waals surface area contributed by atoms with Gasteiger partial charge in [-0.15, -0.1) is 0 Å². The van der Waals surface area contributed by atoms with Crippen molar-refractivity contribution in [1.29, 1.82) is 0 Å². The third-order valence-corrected chi connectivity index (χ3v) is 4.39. The molecule has 1 aliphatic heterocycles. The van der Waals surface area contributed by atoms with Crippen LogP contribution in [0.25, 0.3) is 5.78 Å². The molecular weight excluding hydrogens is 334 g/mol. The summed E-state index contributed by atoms with van der Waals surface area (Å²) >= 11 is 3.43. The molecule has 0 unspecified atom stereocenters. The molecule has 4 rings (SSSR count). The molecule has 0 aromatic carbocycles. The van der Waals surface area contributed by atoms with E-state index in [1.165, 1.54) is 0 Å². The van der Waals surface area contributed by atoms with Gasteiger partial charge in [0.15, 0.2) is 0 Å². The maximum absolute atomic E-state index is 4.46. The highest BCUT2D eigenvalue weighted by atomic mass is 79.9. The summed E-state index contributed by atoms with van der Waals surface area (Å²) in [6.07, 6.45) is 5.38. The minimum Gasteiger partial charge on any atom is -0.352 e. The summed E-state index contributed by atoms with van der Waals surface area (Å²) < 4.78 is 4.83. The van der Waals surface area contributed by atoms with Crippen molar-refractivity contribution in [3.63, 3.8) is 0 Å². The summed E-state index contributed by atoms with van der Waals surface area (Å²) in [6.45, 7) is 5.91. The van der Waals surface area contributed by atoms with E-state index in [9.17, 15) is 0 Å². The largest absolute Gasteiger partial charge is 0.352 e. The van der Waals surface area contributed by atoms with Crippen LogP contribution in [0.1, 0.15) is 17.3 Å². The van der Waals surface area contributed by atoms with Gasteiger partial charge in [-0.05, 0) is 29.8 Å². The number of halogens is 1. The maximum atomic E-state index is 4.46. The summed E-state index contributed by atoms with van der Waals surface area (Å²) in [6, 6.07) is 0.391. The van der Waals surface area contributed by atoms with Crippen LogP contribution in [0.3, 0.4) is 0 Å². The Morgan fingerprint density at radius 3 is 2.76 bits per heavy atom. The fourth-order valence-electron chi connectivity index (χ4n) is 2.70. The Morgan fingerprint density at radius 2 is 2.05 bits per heavy atom. The molecule has 1 saturated heterocycles. The van der Waals surface area contributed by atoms with E-state index in [0.29, 0.717) is 11.8 Å². The monoisotopic (exact) mass is 347 g/mol. The van der Waals surface area contributed by atoms with Gasteiger partial charge in [-0.1, -0.05) is 0 Å². The van der Waals surface area contributed by atoms with Crippen molar-refractivity contribution in [3.8, 4) is 0 Å². The predicted octanol–water partition coefficient (Wildman–Crippen LogP) is 1.76. The van der Waals surface area contributed by atoms with E-state index in [-0.39, 0.29) is 0 Å². The third-order valence-electron chi connectivity index (χ3n) is 3.98. The van der Waals surface area contributed by atoms with Crippen molar-refractivity contribution in [1.82, 2.24) is 29.4 Å². The maximum Gasteiger partial charge on any atom is 0.254 e. The van der Waals surface area contributed by atoms with Crippen LogP contribution in [0.2, 0.25) is 0 Å². The van der Waals surface area contributed by atoms with Gasteiger partial charge in [0.1, 0.15) is 12.1 Å². The number of aromatic nitrogens is 6. The number of aryl methyl sites for hydroxylation is 1. The lowest BCUT2D eigenvalue weighted by Gasteiger charge is -2.41. The van der Waals surface area contributed by atoms with Gasteiger partial charge in [0.25, 0.3) is 5.78 Å². The minimum atomic E-state index is 0.391. The summed E-state index contributed by atoms with van der Waals surface area (Å²) in [5.41, 5.74) is 2.14. The molecule has 1 aliphatic rings. The van der Waals surface area contributed by atoms with Gasteiger partial charge in [-0.25, -0.2) is 4.98 Å².